The molecule has 9 heteroatoms. The van der Waals surface area contributed by atoms with Crippen LogP contribution in [0.15, 0.2) is 36.7 Å². The fourth-order valence-corrected chi connectivity index (χ4v) is 4.52. The number of alkyl halides is 4. The van der Waals surface area contributed by atoms with E-state index in [1.54, 1.807) is 30.2 Å². The normalized spacial score (nSPS) is 14.0. The molecule has 0 fully saturated rings. The highest BCUT2D eigenvalue weighted by atomic mass is 79.9. The first-order chi connectivity index (χ1) is 15.7. The Hall–Kier alpha value is -2.68. The molecule has 5 nitrogen and oxygen atoms in total. The number of rotatable bonds is 6. The highest BCUT2D eigenvalue weighted by Gasteiger charge is 2.39. The lowest BCUT2D eigenvalue weighted by Crippen LogP contribution is -2.37. The number of aryl methyl sites for hydroxylation is 2. The number of hydrogen-bond donors (Lipinski definition) is 0. The van der Waals surface area contributed by atoms with Gasteiger partial charge in [0.2, 0.25) is 0 Å². The number of carbonyl (C=O) groups excluding carboxylic acids is 1. The summed E-state index contributed by atoms with van der Waals surface area (Å²) in [4.78, 5) is 19.5. The number of pyridine rings is 1. The van der Waals surface area contributed by atoms with Gasteiger partial charge in [-0.3, -0.25) is 14.5 Å². The van der Waals surface area contributed by atoms with Gasteiger partial charge in [-0.25, -0.2) is 0 Å². The van der Waals surface area contributed by atoms with Crippen LogP contribution in [0.1, 0.15) is 52.3 Å². The highest BCUT2D eigenvalue weighted by Crippen LogP contribution is 2.40. The standard InChI is InChI=1S/C24H24BrF3N4O/c1-3-15-5-7-29-17(9-15)13-31-8-6-18-19(10-16(12-25)11-20(18)23(31)33)21-14-32(4-2)30-22(21)24(26,27)28/h5,7,9-11,14H,3-4,6,8,12-13H2,1-2H3. The van der Waals surface area contributed by atoms with Crippen molar-refractivity contribution in [2.45, 2.75) is 51.3 Å². The summed E-state index contributed by atoms with van der Waals surface area (Å²) in [6, 6.07) is 7.43. The largest absolute Gasteiger partial charge is 0.435 e. The van der Waals surface area contributed by atoms with Crippen LogP contribution < -0.4 is 0 Å². The van der Waals surface area contributed by atoms with Crippen LogP contribution >= 0.6 is 15.9 Å². The Labute approximate surface area is 198 Å². The molecule has 0 radical (unpaired) electrons. The minimum atomic E-state index is -4.59. The molecule has 0 atom stereocenters. The summed E-state index contributed by atoms with van der Waals surface area (Å²) in [5, 5.41) is 4.18. The zero-order valence-corrected chi connectivity index (χ0v) is 20.0. The molecule has 1 amide bonds. The van der Waals surface area contributed by atoms with Crippen molar-refractivity contribution in [3.05, 3.63) is 70.3 Å². The number of benzene rings is 1. The lowest BCUT2D eigenvalue weighted by atomic mass is 9.88. The van der Waals surface area contributed by atoms with E-state index in [0.29, 0.717) is 48.1 Å². The quantitative estimate of drug-likeness (QED) is 0.395. The minimum absolute atomic E-state index is 0.0157. The zero-order valence-electron chi connectivity index (χ0n) is 18.4. The Bertz CT molecular complexity index is 1190. The van der Waals surface area contributed by atoms with Gasteiger partial charge in [-0.15, -0.1) is 0 Å². The van der Waals surface area contributed by atoms with Gasteiger partial charge in [0.25, 0.3) is 5.91 Å². The van der Waals surface area contributed by atoms with E-state index < -0.39 is 11.9 Å². The van der Waals surface area contributed by atoms with Gasteiger partial charge in [-0.2, -0.15) is 18.3 Å². The maximum absolute atomic E-state index is 13.8. The summed E-state index contributed by atoms with van der Waals surface area (Å²) in [6.07, 6.45) is -0.0961. The molecular formula is C24H24BrF3N4O. The molecule has 4 rings (SSSR count). The SMILES string of the molecule is CCc1ccnc(CN2CCc3c(cc(CBr)cc3-c3cn(CC)nc3C(F)(F)F)C2=O)c1. The second-order valence-corrected chi connectivity index (χ2v) is 8.59. The van der Waals surface area contributed by atoms with Crippen LogP contribution in [0.4, 0.5) is 13.2 Å². The first-order valence-corrected chi connectivity index (χ1v) is 12.0. The van der Waals surface area contributed by atoms with E-state index in [1.807, 2.05) is 12.1 Å². The van der Waals surface area contributed by atoms with E-state index in [0.717, 1.165) is 23.2 Å². The molecule has 3 aromatic rings. The van der Waals surface area contributed by atoms with E-state index in [-0.39, 0.29) is 11.5 Å². The Morgan fingerprint density at radius 3 is 2.52 bits per heavy atom. The maximum atomic E-state index is 13.8. The van der Waals surface area contributed by atoms with Crippen molar-refractivity contribution in [2.75, 3.05) is 6.54 Å². The third-order valence-corrected chi connectivity index (χ3v) is 6.55. The molecule has 0 bridgehead atoms. The highest BCUT2D eigenvalue weighted by molar-refractivity contribution is 9.08. The van der Waals surface area contributed by atoms with Crippen LogP contribution in [0.2, 0.25) is 0 Å². The summed E-state index contributed by atoms with van der Waals surface area (Å²) in [7, 11) is 0. The lowest BCUT2D eigenvalue weighted by molar-refractivity contribution is -0.141. The second kappa shape index (κ2) is 9.29. The Kier molecular flexibility index (Phi) is 6.61. The van der Waals surface area contributed by atoms with Gasteiger partial charge in [0.15, 0.2) is 5.69 Å². The number of fused-ring (bicyclic) bond motifs is 1. The van der Waals surface area contributed by atoms with Crippen LogP contribution in [-0.4, -0.2) is 32.1 Å². The van der Waals surface area contributed by atoms with Gasteiger partial charge in [-0.05, 0) is 66.3 Å². The Balaban J connectivity index is 1.77. The zero-order chi connectivity index (χ0) is 23.8. The topological polar surface area (TPSA) is 51.0 Å². The van der Waals surface area contributed by atoms with Gasteiger partial charge in [0.1, 0.15) is 0 Å². The molecule has 0 unspecified atom stereocenters. The van der Waals surface area contributed by atoms with Gasteiger partial charge < -0.3 is 4.90 Å². The molecule has 0 saturated heterocycles. The predicted octanol–water partition coefficient (Wildman–Crippen LogP) is 5.64. The molecule has 2 aromatic heterocycles. The van der Waals surface area contributed by atoms with Crippen LogP contribution in [0, 0.1) is 0 Å². The summed E-state index contributed by atoms with van der Waals surface area (Å²) >= 11 is 3.40. The molecule has 0 aliphatic carbocycles. The van der Waals surface area contributed by atoms with Crippen molar-refractivity contribution in [1.82, 2.24) is 19.7 Å². The summed E-state index contributed by atoms with van der Waals surface area (Å²) in [6.45, 7) is 4.89. The van der Waals surface area contributed by atoms with Crippen molar-refractivity contribution in [2.24, 2.45) is 0 Å². The smallest absolute Gasteiger partial charge is 0.332 e. The van der Waals surface area contributed by atoms with Gasteiger partial charge >= 0.3 is 6.18 Å². The number of hydrogen-bond acceptors (Lipinski definition) is 3. The maximum Gasteiger partial charge on any atom is 0.435 e. The number of halogens is 4. The molecule has 1 aromatic carbocycles. The molecule has 33 heavy (non-hydrogen) atoms. The van der Waals surface area contributed by atoms with Gasteiger partial charge in [0, 0.05) is 41.9 Å². The first-order valence-electron chi connectivity index (χ1n) is 10.8. The first kappa shape index (κ1) is 23.5. The number of carbonyl (C=O) groups is 1. The van der Waals surface area contributed by atoms with Crippen molar-refractivity contribution in [3.63, 3.8) is 0 Å². The van der Waals surface area contributed by atoms with Crippen molar-refractivity contribution < 1.29 is 18.0 Å². The van der Waals surface area contributed by atoms with Gasteiger partial charge in [-0.1, -0.05) is 22.9 Å². The Morgan fingerprint density at radius 2 is 1.85 bits per heavy atom. The fraction of sp³-hybridized carbons (Fsp3) is 0.375. The molecule has 3 heterocycles. The number of amides is 1. The minimum Gasteiger partial charge on any atom is -0.332 e. The van der Waals surface area contributed by atoms with Gasteiger partial charge in [0.05, 0.1) is 12.2 Å². The van der Waals surface area contributed by atoms with Crippen LogP contribution in [-0.2, 0) is 37.4 Å². The van der Waals surface area contributed by atoms with Crippen LogP contribution in [0.5, 0.6) is 0 Å². The molecule has 174 valence electrons. The van der Waals surface area contributed by atoms with E-state index in [4.69, 9.17) is 0 Å². The fourth-order valence-electron chi connectivity index (χ4n) is 4.20. The van der Waals surface area contributed by atoms with E-state index in [9.17, 15) is 18.0 Å². The predicted molar refractivity (Wildman–Crippen MR) is 123 cm³/mol. The molecule has 1 aliphatic heterocycles. The van der Waals surface area contributed by atoms with Crippen molar-refractivity contribution >= 4 is 21.8 Å². The Morgan fingerprint density at radius 1 is 1.09 bits per heavy atom. The van der Waals surface area contributed by atoms with Crippen molar-refractivity contribution in [1.29, 1.82) is 0 Å². The van der Waals surface area contributed by atoms with E-state index in [1.165, 1.54) is 10.9 Å². The molecule has 0 spiro atoms. The second-order valence-electron chi connectivity index (χ2n) is 8.03. The van der Waals surface area contributed by atoms with Crippen LogP contribution in [0.25, 0.3) is 11.1 Å². The average molecular weight is 521 g/mol. The molecular weight excluding hydrogens is 497 g/mol. The van der Waals surface area contributed by atoms with Crippen molar-refractivity contribution in [3.8, 4) is 11.1 Å². The van der Waals surface area contributed by atoms with E-state index >= 15 is 0 Å². The summed E-state index contributed by atoms with van der Waals surface area (Å²) in [5.41, 5.74) is 3.27. The van der Waals surface area contributed by atoms with E-state index in [2.05, 4.69) is 32.9 Å². The molecule has 1 aliphatic rings. The number of aromatic nitrogens is 3. The molecule has 0 saturated carbocycles. The lowest BCUT2D eigenvalue weighted by Gasteiger charge is -2.30. The summed E-state index contributed by atoms with van der Waals surface area (Å²) < 4.78 is 42.6. The monoisotopic (exact) mass is 520 g/mol. The molecule has 0 N–H and O–H groups in total. The van der Waals surface area contributed by atoms with Crippen LogP contribution in [0.3, 0.4) is 0 Å². The summed E-state index contributed by atoms with van der Waals surface area (Å²) in [5.74, 6) is -0.194. The third-order valence-electron chi connectivity index (χ3n) is 5.90. The third kappa shape index (κ3) is 4.69. The average Bonchev–Trinajstić information content (AvgIpc) is 3.25. The number of nitrogens with zero attached hydrogens (tertiary/aromatic N) is 4.